The summed E-state index contributed by atoms with van der Waals surface area (Å²) in [5, 5.41) is 13.0. The number of nitrogens with zero attached hydrogens (tertiary/aromatic N) is 3. The van der Waals surface area contributed by atoms with E-state index in [1.807, 2.05) is 34.9 Å². The molecule has 0 spiro atoms. The van der Waals surface area contributed by atoms with Gasteiger partial charge in [0.2, 0.25) is 11.7 Å². The predicted octanol–water partition coefficient (Wildman–Crippen LogP) is 5.05. The van der Waals surface area contributed by atoms with E-state index < -0.39 is 5.97 Å². The van der Waals surface area contributed by atoms with Crippen molar-refractivity contribution in [2.24, 2.45) is 0 Å². The Balaban J connectivity index is 1.50. The monoisotopic (exact) mass is 482 g/mol. The van der Waals surface area contributed by atoms with Gasteiger partial charge in [-0.2, -0.15) is 0 Å². The van der Waals surface area contributed by atoms with Crippen LogP contribution < -0.4 is 5.32 Å². The summed E-state index contributed by atoms with van der Waals surface area (Å²) in [6.07, 6.45) is 1.72. The minimum atomic E-state index is -0.521. The molecule has 4 rings (SSSR count). The first-order valence-corrected chi connectivity index (χ1v) is 11.2. The van der Waals surface area contributed by atoms with Gasteiger partial charge in [0.25, 0.3) is 0 Å². The zero-order valence-electron chi connectivity index (χ0n) is 17.6. The van der Waals surface area contributed by atoms with Crippen LogP contribution in [-0.2, 0) is 16.1 Å². The molecular formula is C23H19ClN4O4S. The maximum atomic E-state index is 12.5. The van der Waals surface area contributed by atoms with Crippen molar-refractivity contribution in [2.75, 3.05) is 18.2 Å². The number of furan rings is 1. The summed E-state index contributed by atoms with van der Waals surface area (Å²) >= 11 is 7.37. The molecule has 2 aromatic carbocycles. The number of methoxy groups -OCH3 is 1. The number of para-hydroxylation sites is 1. The summed E-state index contributed by atoms with van der Waals surface area (Å²) in [7, 11) is 1.28. The third kappa shape index (κ3) is 4.94. The van der Waals surface area contributed by atoms with Gasteiger partial charge in [0.05, 0.1) is 29.1 Å². The Morgan fingerprint density at radius 2 is 2.06 bits per heavy atom. The number of nitrogens with one attached hydrogen (secondary N) is 1. The Kier molecular flexibility index (Phi) is 6.81. The van der Waals surface area contributed by atoms with Crippen LogP contribution >= 0.6 is 23.4 Å². The van der Waals surface area contributed by atoms with E-state index in [0.29, 0.717) is 34.0 Å². The fourth-order valence-electron chi connectivity index (χ4n) is 3.15. The first kappa shape index (κ1) is 22.6. The fraction of sp³-hybridized carbons (Fsp3) is 0.130. The van der Waals surface area contributed by atoms with Crippen molar-refractivity contribution in [3.05, 3.63) is 71.8 Å². The maximum Gasteiger partial charge on any atom is 0.337 e. The van der Waals surface area contributed by atoms with Crippen molar-refractivity contribution in [1.82, 2.24) is 14.8 Å². The second kappa shape index (κ2) is 9.93. The normalized spacial score (nSPS) is 10.8. The molecule has 168 valence electrons. The molecule has 1 N–H and O–H groups in total. The number of allylic oxidation sites excluding steroid dienone is 1. The zero-order valence-corrected chi connectivity index (χ0v) is 19.2. The summed E-state index contributed by atoms with van der Waals surface area (Å²) in [5.74, 6) is 0.333. The van der Waals surface area contributed by atoms with Crippen LogP contribution in [0.5, 0.6) is 0 Å². The number of carbonyl (C=O) groups excluding carboxylic acids is 2. The number of hydrogen-bond acceptors (Lipinski definition) is 7. The molecule has 0 fully saturated rings. The lowest BCUT2D eigenvalue weighted by molar-refractivity contribution is -0.113. The summed E-state index contributed by atoms with van der Waals surface area (Å²) in [6, 6.07) is 14.1. The lowest BCUT2D eigenvalue weighted by Crippen LogP contribution is -2.15. The molecular weight excluding hydrogens is 464 g/mol. The smallest absolute Gasteiger partial charge is 0.337 e. The third-order valence-electron chi connectivity index (χ3n) is 4.67. The highest BCUT2D eigenvalue weighted by atomic mass is 35.5. The van der Waals surface area contributed by atoms with E-state index in [-0.39, 0.29) is 17.2 Å². The van der Waals surface area contributed by atoms with Crippen LogP contribution in [0.2, 0.25) is 5.02 Å². The van der Waals surface area contributed by atoms with Crippen LogP contribution in [-0.4, -0.2) is 39.5 Å². The molecule has 0 aliphatic carbocycles. The first-order valence-electron chi connectivity index (χ1n) is 9.83. The highest BCUT2D eigenvalue weighted by Gasteiger charge is 2.19. The minimum absolute atomic E-state index is 0.0498. The van der Waals surface area contributed by atoms with Crippen molar-refractivity contribution in [2.45, 2.75) is 11.7 Å². The van der Waals surface area contributed by atoms with Crippen LogP contribution in [0.1, 0.15) is 10.4 Å². The number of aromatic nitrogens is 3. The molecule has 2 aromatic heterocycles. The number of ether oxygens (including phenoxy) is 1. The first-order chi connectivity index (χ1) is 16.0. The van der Waals surface area contributed by atoms with E-state index in [9.17, 15) is 9.59 Å². The van der Waals surface area contributed by atoms with Gasteiger partial charge in [0, 0.05) is 11.9 Å². The number of rotatable bonds is 8. The average Bonchev–Trinajstić information content (AvgIpc) is 3.42. The zero-order chi connectivity index (χ0) is 23.4. The summed E-state index contributed by atoms with van der Waals surface area (Å²) in [4.78, 5) is 24.3. The van der Waals surface area contributed by atoms with Gasteiger partial charge in [0.1, 0.15) is 5.58 Å². The molecule has 0 unspecified atom stereocenters. The molecule has 0 atom stereocenters. The molecule has 0 radical (unpaired) electrons. The van der Waals surface area contributed by atoms with Gasteiger partial charge in [-0.15, -0.1) is 16.8 Å². The van der Waals surface area contributed by atoms with Gasteiger partial charge >= 0.3 is 5.97 Å². The number of hydrogen-bond donors (Lipinski definition) is 1. The van der Waals surface area contributed by atoms with E-state index in [1.54, 1.807) is 6.08 Å². The maximum absolute atomic E-state index is 12.5. The van der Waals surface area contributed by atoms with Gasteiger partial charge in [-0.1, -0.05) is 47.6 Å². The second-order valence-electron chi connectivity index (χ2n) is 6.88. The highest BCUT2D eigenvalue weighted by Crippen LogP contribution is 2.30. The number of esters is 1. The van der Waals surface area contributed by atoms with Crippen LogP contribution in [0.4, 0.5) is 5.69 Å². The Morgan fingerprint density at radius 1 is 1.24 bits per heavy atom. The van der Waals surface area contributed by atoms with Crippen molar-refractivity contribution in [3.8, 4) is 11.6 Å². The number of fused-ring (bicyclic) bond motifs is 1. The molecule has 2 heterocycles. The van der Waals surface area contributed by atoms with Crippen LogP contribution in [0.15, 0.2) is 70.8 Å². The summed E-state index contributed by atoms with van der Waals surface area (Å²) < 4.78 is 12.4. The lowest BCUT2D eigenvalue weighted by Gasteiger charge is -2.09. The van der Waals surface area contributed by atoms with Crippen molar-refractivity contribution < 1.29 is 18.7 Å². The molecule has 0 bridgehead atoms. The molecule has 0 saturated carbocycles. The Hall–Kier alpha value is -3.56. The van der Waals surface area contributed by atoms with E-state index in [2.05, 4.69) is 22.1 Å². The number of halogens is 1. The van der Waals surface area contributed by atoms with Gasteiger partial charge < -0.3 is 14.5 Å². The number of thioether (sulfide) groups is 1. The molecule has 10 heteroatoms. The number of amides is 1. The Morgan fingerprint density at radius 3 is 2.82 bits per heavy atom. The Labute approximate surface area is 198 Å². The van der Waals surface area contributed by atoms with Gasteiger partial charge in [-0.05, 0) is 30.3 Å². The molecule has 0 aliphatic rings. The predicted molar refractivity (Wildman–Crippen MR) is 128 cm³/mol. The number of benzene rings is 2. The SMILES string of the molecule is C=CCn1c(SCC(=O)Nc2cc(C(=O)OC)ccc2Cl)nnc1-c1cc2ccccc2o1. The average molecular weight is 483 g/mol. The molecule has 8 nitrogen and oxygen atoms in total. The molecule has 1 amide bonds. The van der Waals surface area contributed by atoms with Crippen LogP contribution in [0, 0.1) is 0 Å². The topological polar surface area (TPSA) is 99.2 Å². The second-order valence-corrected chi connectivity index (χ2v) is 8.23. The van der Waals surface area contributed by atoms with Crippen molar-refractivity contribution >= 4 is 51.9 Å². The standard InChI is InChI=1S/C23H19ClN4O4S/c1-3-10-28-21(19-12-14-6-4-5-7-18(14)32-19)26-27-23(28)33-13-20(29)25-17-11-15(22(30)31-2)8-9-16(17)24/h3-9,11-12H,1,10,13H2,2H3,(H,25,29). The van der Waals surface area contributed by atoms with Crippen molar-refractivity contribution in [1.29, 1.82) is 0 Å². The molecule has 4 aromatic rings. The highest BCUT2D eigenvalue weighted by molar-refractivity contribution is 7.99. The molecule has 33 heavy (non-hydrogen) atoms. The van der Waals surface area contributed by atoms with E-state index in [0.717, 1.165) is 11.0 Å². The quantitative estimate of drug-likeness (QED) is 0.213. The largest absolute Gasteiger partial charge is 0.465 e. The minimum Gasteiger partial charge on any atom is -0.465 e. The molecule has 0 aliphatic heterocycles. The fourth-order valence-corrected chi connectivity index (χ4v) is 4.06. The van der Waals surface area contributed by atoms with E-state index in [4.69, 9.17) is 20.8 Å². The number of anilines is 1. The van der Waals surface area contributed by atoms with Gasteiger partial charge in [-0.25, -0.2) is 4.79 Å². The lowest BCUT2D eigenvalue weighted by atomic mass is 10.2. The van der Waals surface area contributed by atoms with Gasteiger partial charge in [-0.3, -0.25) is 9.36 Å². The van der Waals surface area contributed by atoms with Crippen molar-refractivity contribution in [3.63, 3.8) is 0 Å². The Bertz CT molecular complexity index is 1310. The molecule has 0 saturated heterocycles. The van der Waals surface area contributed by atoms with Crippen LogP contribution in [0.25, 0.3) is 22.6 Å². The summed E-state index contributed by atoms with van der Waals surface area (Å²) in [6.45, 7) is 4.24. The van der Waals surface area contributed by atoms with E-state index in [1.165, 1.54) is 37.1 Å². The number of carbonyl (C=O) groups is 2. The van der Waals surface area contributed by atoms with E-state index >= 15 is 0 Å². The van der Waals surface area contributed by atoms with Crippen LogP contribution in [0.3, 0.4) is 0 Å². The summed E-state index contributed by atoms with van der Waals surface area (Å²) in [5.41, 5.74) is 1.35. The van der Waals surface area contributed by atoms with Gasteiger partial charge in [0.15, 0.2) is 10.9 Å². The third-order valence-corrected chi connectivity index (χ3v) is 5.96.